The van der Waals surface area contributed by atoms with E-state index in [1.165, 1.54) is 11.8 Å². The van der Waals surface area contributed by atoms with Crippen LogP contribution in [-0.2, 0) is 19.4 Å². The molecule has 0 aliphatic rings. The molecule has 0 aromatic heterocycles. The van der Waals surface area contributed by atoms with Gasteiger partial charge in [0, 0.05) is 0 Å². The number of nitrogens with two attached hydrogens (primary N) is 1. The first-order valence-corrected chi connectivity index (χ1v) is 6.58. The van der Waals surface area contributed by atoms with Gasteiger partial charge in [-0.15, -0.1) is 0 Å². The second-order valence-electron chi connectivity index (χ2n) is 3.45. The summed E-state index contributed by atoms with van der Waals surface area (Å²) in [7, 11) is 0. The van der Waals surface area contributed by atoms with Crippen LogP contribution in [0, 0.1) is 0 Å². The van der Waals surface area contributed by atoms with E-state index in [9.17, 15) is 9.59 Å². The van der Waals surface area contributed by atoms with Gasteiger partial charge in [0.05, 0.1) is 6.61 Å². The number of aldehydes is 1. The Labute approximate surface area is 100.0 Å². The molecule has 5 nitrogen and oxygen atoms in total. The molecule has 2 N–H and O–H groups in total. The first-order chi connectivity index (χ1) is 7.60. The maximum Gasteiger partial charge on any atom is 0.369 e. The highest BCUT2D eigenvalue weighted by Crippen LogP contribution is 2.10. The van der Waals surface area contributed by atoms with E-state index in [2.05, 4.69) is 9.78 Å². The van der Waals surface area contributed by atoms with E-state index in [4.69, 9.17) is 5.73 Å². The van der Waals surface area contributed by atoms with Crippen LogP contribution in [0.3, 0.4) is 0 Å². The van der Waals surface area contributed by atoms with Crippen LogP contribution < -0.4 is 5.73 Å². The zero-order valence-corrected chi connectivity index (χ0v) is 10.5. The predicted molar refractivity (Wildman–Crippen MR) is 62.9 cm³/mol. The summed E-state index contributed by atoms with van der Waals surface area (Å²) >= 11 is 1.51. The van der Waals surface area contributed by atoms with E-state index in [1.807, 2.05) is 13.2 Å². The van der Waals surface area contributed by atoms with Gasteiger partial charge in [0.15, 0.2) is 11.8 Å². The fourth-order valence-electron chi connectivity index (χ4n) is 0.856. The molecule has 0 radical (unpaired) electrons. The Morgan fingerprint density at radius 2 is 2.25 bits per heavy atom. The number of hydrogen-bond donors (Lipinski definition) is 1. The molecule has 0 aliphatic carbocycles. The van der Waals surface area contributed by atoms with Gasteiger partial charge < -0.3 is 10.5 Å². The lowest BCUT2D eigenvalue weighted by atomic mass is 10.0. The predicted octanol–water partition coefficient (Wildman–Crippen LogP) is 0.911. The number of rotatable bonds is 9. The van der Waals surface area contributed by atoms with Gasteiger partial charge >= 0.3 is 5.97 Å². The van der Waals surface area contributed by atoms with E-state index in [-0.39, 0.29) is 6.42 Å². The van der Waals surface area contributed by atoms with Gasteiger partial charge in [0.2, 0.25) is 0 Å². The zero-order chi connectivity index (χ0) is 12.4. The topological polar surface area (TPSA) is 78.6 Å². The van der Waals surface area contributed by atoms with E-state index in [0.29, 0.717) is 18.6 Å². The molecule has 0 saturated heterocycles. The number of unbranched alkanes of at least 4 members (excludes halogenated alkanes) is 1. The van der Waals surface area contributed by atoms with Crippen molar-refractivity contribution in [3.63, 3.8) is 0 Å². The molecule has 0 heterocycles. The summed E-state index contributed by atoms with van der Waals surface area (Å²) < 4.78 is 0. The third-order valence-electron chi connectivity index (χ3n) is 2.03. The van der Waals surface area contributed by atoms with Crippen LogP contribution in [0.25, 0.3) is 0 Å². The molecule has 94 valence electrons. The van der Waals surface area contributed by atoms with Crippen molar-refractivity contribution >= 4 is 24.0 Å². The third-order valence-corrected chi connectivity index (χ3v) is 2.64. The van der Waals surface area contributed by atoms with Gasteiger partial charge in [-0.05, 0) is 24.9 Å². The van der Waals surface area contributed by atoms with Gasteiger partial charge in [-0.25, -0.2) is 4.79 Å². The Kier molecular flexibility index (Phi) is 8.23. The highest BCUT2D eigenvalue weighted by Gasteiger charge is 2.36. The van der Waals surface area contributed by atoms with Gasteiger partial charge in [-0.3, -0.25) is 4.89 Å². The van der Waals surface area contributed by atoms with Crippen LogP contribution in [0.5, 0.6) is 0 Å². The summed E-state index contributed by atoms with van der Waals surface area (Å²) in [5.41, 5.74) is 4.02. The third kappa shape index (κ3) is 5.48. The number of hydrogen-bond acceptors (Lipinski definition) is 6. The first-order valence-electron chi connectivity index (χ1n) is 5.18. The Morgan fingerprint density at radius 3 is 2.75 bits per heavy atom. The Hall–Kier alpha value is -0.590. The number of carbonyl (C=O) groups excluding carboxylic acids is 2. The Balaban J connectivity index is 4.03. The van der Waals surface area contributed by atoms with Crippen molar-refractivity contribution < 1.29 is 19.4 Å². The zero-order valence-electron chi connectivity index (χ0n) is 9.73. The molecule has 0 fully saturated rings. The SMILES string of the molecule is CCCCOOC(=O)C(N)(C=O)CCSC. The summed E-state index contributed by atoms with van der Waals surface area (Å²) in [5.74, 6) is -0.216. The van der Waals surface area contributed by atoms with Gasteiger partial charge in [-0.2, -0.15) is 16.6 Å². The minimum atomic E-state index is -1.59. The highest BCUT2D eigenvalue weighted by atomic mass is 32.2. The van der Waals surface area contributed by atoms with Crippen molar-refractivity contribution in [3.05, 3.63) is 0 Å². The second kappa shape index (κ2) is 8.55. The highest BCUT2D eigenvalue weighted by molar-refractivity contribution is 7.98. The molecule has 16 heavy (non-hydrogen) atoms. The quantitative estimate of drug-likeness (QED) is 0.215. The molecule has 0 spiro atoms. The minimum absolute atomic E-state index is 0.244. The monoisotopic (exact) mass is 249 g/mol. The van der Waals surface area contributed by atoms with Crippen molar-refractivity contribution in [2.45, 2.75) is 31.7 Å². The maximum absolute atomic E-state index is 11.5. The lowest BCUT2D eigenvalue weighted by molar-refractivity contribution is -0.276. The fourth-order valence-corrected chi connectivity index (χ4v) is 1.40. The molecule has 0 rings (SSSR count). The molecule has 1 unspecified atom stereocenters. The average Bonchev–Trinajstić information content (AvgIpc) is 2.31. The molecule has 0 saturated carbocycles. The van der Waals surface area contributed by atoms with Crippen molar-refractivity contribution in [1.82, 2.24) is 0 Å². The van der Waals surface area contributed by atoms with Gasteiger partial charge in [0.25, 0.3) is 0 Å². The molecule has 6 heteroatoms. The normalized spacial score (nSPS) is 14.2. The largest absolute Gasteiger partial charge is 0.369 e. The minimum Gasteiger partial charge on any atom is -0.310 e. The molecule has 0 aromatic carbocycles. The molecule has 0 aromatic rings. The summed E-state index contributed by atoms with van der Waals surface area (Å²) in [6, 6.07) is 0. The average molecular weight is 249 g/mol. The molecular weight excluding hydrogens is 230 g/mol. The van der Waals surface area contributed by atoms with E-state index < -0.39 is 11.5 Å². The van der Waals surface area contributed by atoms with Crippen molar-refractivity contribution in [1.29, 1.82) is 0 Å². The summed E-state index contributed by atoms with van der Waals surface area (Å²) in [6.45, 7) is 2.31. The lowest BCUT2D eigenvalue weighted by Gasteiger charge is -2.19. The van der Waals surface area contributed by atoms with Crippen LogP contribution in [-0.4, -0.2) is 36.4 Å². The molecule has 0 amide bonds. The Bertz CT molecular complexity index is 225. The molecule has 1 atom stereocenters. The fraction of sp³-hybridized carbons (Fsp3) is 0.800. The van der Waals surface area contributed by atoms with Crippen molar-refractivity contribution in [2.24, 2.45) is 5.73 Å². The van der Waals surface area contributed by atoms with Crippen LogP contribution in [0.2, 0.25) is 0 Å². The maximum atomic E-state index is 11.5. The molecular formula is C10H19NO4S. The number of thioether (sulfide) groups is 1. The van der Waals surface area contributed by atoms with E-state index in [1.54, 1.807) is 0 Å². The van der Waals surface area contributed by atoms with Crippen LogP contribution >= 0.6 is 11.8 Å². The van der Waals surface area contributed by atoms with Crippen molar-refractivity contribution in [2.75, 3.05) is 18.6 Å². The Morgan fingerprint density at radius 1 is 1.56 bits per heavy atom. The van der Waals surface area contributed by atoms with Gasteiger partial charge in [-0.1, -0.05) is 13.3 Å². The summed E-state index contributed by atoms with van der Waals surface area (Å²) in [4.78, 5) is 31.4. The molecule has 0 aliphatic heterocycles. The second-order valence-corrected chi connectivity index (χ2v) is 4.43. The van der Waals surface area contributed by atoms with Gasteiger partial charge in [0.1, 0.15) is 0 Å². The van der Waals surface area contributed by atoms with Crippen LogP contribution in [0.1, 0.15) is 26.2 Å². The van der Waals surface area contributed by atoms with Crippen molar-refractivity contribution in [3.8, 4) is 0 Å². The first kappa shape index (κ1) is 15.4. The van der Waals surface area contributed by atoms with Crippen LogP contribution in [0.4, 0.5) is 0 Å². The molecule has 0 bridgehead atoms. The summed E-state index contributed by atoms with van der Waals surface area (Å²) in [6.07, 6.45) is 4.25. The smallest absolute Gasteiger partial charge is 0.310 e. The lowest BCUT2D eigenvalue weighted by Crippen LogP contribution is -2.51. The van der Waals surface area contributed by atoms with E-state index in [0.717, 1.165) is 12.8 Å². The van der Waals surface area contributed by atoms with Crippen LogP contribution in [0.15, 0.2) is 0 Å². The number of carbonyl (C=O) groups is 2. The van der Waals surface area contributed by atoms with E-state index >= 15 is 0 Å². The summed E-state index contributed by atoms with van der Waals surface area (Å²) in [5, 5.41) is 0. The standard InChI is InChI=1S/C10H19NO4S/c1-3-4-6-14-15-9(13)10(11,8-12)5-7-16-2/h8H,3-7,11H2,1-2H3.